The number of alkyl halides is 3. The topological polar surface area (TPSA) is 87.2 Å². The van der Waals surface area contributed by atoms with Crippen molar-refractivity contribution < 1.29 is 22.8 Å². The number of hydrogen-bond donors (Lipinski definition) is 2. The van der Waals surface area contributed by atoms with Gasteiger partial charge in [-0.2, -0.15) is 13.2 Å². The monoisotopic (exact) mass is 407 g/mol. The number of nitrogens with zero attached hydrogens (tertiary/aromatic N) is 3. The first-order valence-electron chi connectivity index (χ1n) is 9.13. The number of carbonyl (C=O) groups is 2. The van der Waals surface area contributed by atoms with Crippen molar-refractivity contribution in [3.63, 3.8) is 0 Å². The van der Waals surface area contributed by atoms with Crippen molar-refractivity contribution in [1.29, 1.82) is 0 Å². The van der Waals surface area contributed by atoms with Crippen LogP contribution in [-0.2, 0) is 4.79 Å². The maximum absolute atomic E-state index is 12.5. The minimum Gasteiger partial charge on any atom is -0.368 e. The molecule has 1 saturated heterocycles. The van der Waals surface area contributed by atoms with Crippen molar-refractivity contribution in [3.8, 4) is 0 Å². The molecule has 1 aliphatic rings. The van der Waals surface area contributed by atoms with Crippen LogP contribution >= 0.6 is 0 Å². The van der Waals surface area contributed by atoms with Crippen LogP contribution in [0.3, 0.4) is 0 Å². The number of hydrogen-bond acceptors (Lipinski definition) is 5. The van der Waals surface area contributed by atoms with Crippen molar-refractivity contribution in [3.05, 3.63) is 48.2 Å². The van der Waals surface area contributed by atoms with E-state index in [1.807, 2.05) is 6.07 Å². The van der Waals surface area contributed by atoms with Crippen molar-refractivity contribution >= 4 is 23.3 Å². The smallest absolute Gasteiger partial charge is 0.368 e. The van der Waals surface area contributed by atoms with Crippen molar-refractivity contribution in [2.45, 2.75) is 19.0 Å². The number of amides is 2. The first-order chi connectivity index (χ1) is 13.8. The number of rotatable bonds is 5. The van der Waals surface area contributed by atoms with Gasteiger partial charge in [0.15, 0.2) is 5.69 Å². The van der Waals surface area contributed by atoms with E-state index in [4.69, 9.17) is 0 Å². The first kappa shape index (κ1) is 20.6. The third-order valence-corrected chi connectivity index (χ3v) is 4.64. The fourth-order valence-electron chi connectivity index (χ4n) is 3.03. The molecule has 0 atom stereocenters. The molecule has 1 aromatic heterocycles. The summed E-state index contributed by atoms with van der Waals surface area (Å²) in [6.07, 6.45) is -3.88. The Morgan fingerprint density at radius 1 is 1.03 bits per heavy atom. The van der Waals surface area contributed by atoms with Crippen LogP contribution in [0.25, 0.3) is 0 Å². The number of halogens is 3. The molecule has 0 unspecified atom stereocenters. The summed E-state index contributed by atoms with van der Waals surface area (Å²) in [6, 6.07) is 12.1. The van der Waals surface area contributed by atoms with E-state index >= 15 is 0 Å². The van der Waals surface area contributed by atoms with Crippen LogP contribution in [-0.4, -0.2) is 52.7 Å². The summed E-state index contributed by atoms with van der Waals surface area (Å²) in [5.41, 5.74) is 0.815. The van der Waals surface area contributed by atoms with Crippen LogP contribution in [0, 0.1) is 5.92 Å². The van der Waals surface area contributed by atoms with E-state index in [-0.39, 0.29) is 30.6 Å². The maximum atomic E-state index is 12.5. The van der Waals surface area contributed by atoms with Crippen molar-refractivity contribution in [2.75, 3.05) is 30.3 Å². The summed E-state index contributed by atoms with van der Waals surface area (Å²) in [5.74, 6) is -1.57. The van der Waals surface area contributed by atoms with Crippen LogP contribution in [0.5, 0.6) is 0 Å². The van der Waals surface area contributed by atoms with Gasteiger partial charge in [0.2, 0.25) is 0 Å². The molecule has 29 heavy (non-hydrogen) atoms. The Labute approximate surface area is 165 Å². The third kappa shape index (κ3) is 5.66. The molecule has 0 bridgehead atoms. The Hall–Kier alpha value is -3.17. The Morgan fingerprint density at radius 2 is 1.72 bits per heavy atom. The maximum Gasteiger partial charge on any atom is 0.471 e. The van der Waals surface area contributed by atoms with Crippen LogP contribution < -0.4 is 10.6 Å². The van der Waals surface area contributed by atoms with Gasteiger partial charge in [-0.1, -0.05) is 18.2 Å². The van der Waals surface area contributed by atoms with Gasteiger partial charge in [0.1, 0.15) is 5.82 Å². The number of anilines is 2. The molecule has 0 aliphatic carbocycles. The number of benzene rings is 1. The Morgan fingerprint density at radius 3 is 2.31 bits per heavy atom. The molecule has 1 aromatic carbocycles. The van der Waals surface area contributed by atoms with E-state index in [1.165, 1.54) is 6.07 Å². The molecule has 2 N–H and O–H groups in total. The van der Waals surface area contributed by atoms with E-state index in [9.17, 15) is 22.8 Å². The van der Waals surface area contributed by atoms with Gasteiger partial charge < -0.3 is 15.5 Å². The van der Waals surface area contributed by atoms with Crippen molar-refractivity contribution in [1.82, 2.24) is 15.1 Å². The van der Waals surface area contributed by atoms with Crippen molar-refractivity contribution in [2.24, 2.45) is 5.92 Å². The van der Waals surface area contributed by atoms with Crippen LogP contribution in [0.4, 0.5) is 24.7 Å². The second-order valence-electron chi connectivity index (χ2n) is 6.74. The number of piperidine rings is 1. The highest BCUT2D eigenvalue weighted by atomic mass is 19.4. The van der Waals surface area contributed by atoms with Gasteiger partial charge in [-0.25, -0.2) is 0 Å². The molecule has 2 amide bonds. The summed E-state index contributed by atoms with van der Waals surface area (Å²) in [5, 5.41) is 13.6. The lowest BCUT2D eigenvalue weighted by molar-refractivity contribution is -0.186. The Bertz CT molecular complexity index is 835. The lowest BCUT2D eigenvalue weighted by atomic mass is 9.96. The number of likely N-dealkylation sites (tertiary alicyclic amines) is 1. The average Bonchev–Trinajstić information content (AvgIpc) is 2.72. The highest BCUT2D eigenvalue weighted by molar-refractivity contribution is 6.02. The van der Waals surface area contributed by atoms with Crippen LogP contribution in [0.1, 0.15) is 23.3 Å². The summed E-state index contributed by atoms with van der Waals surface area (Å²) < 4.78 is 37.4. The zero-order chi connectivity index (χ0) is 20.9. The molecule has 1 fully saturated rings. The third-order valence-electron chi connectivity index (χ3n) is 4.64. The van der Waals surface area contributed by atoms with Gasteiger partial charge in [-0.15, -0.1) is 10.2 Å². The Balaban J connectivity index is 1.45. The van der Waals surface area contributed by atoms with Gasteiger partial charge in [-0.05, 0) is 43.0 Å². The quantitative estimate of drug-likeness (QED) is 0.796. The van der Waals surface area contributed by atoms with E-state index in [1.54, 1.807) is 30.3 Å². The highest BCUT2D eigenvalue weighted by Crippen LogP contribution is 2.24. The predicted octanol–water partition coefficient (Wildman–Crippen LogP) is 2.94. The molecule has 0 spiro atoms. The number of carbonyl (C=O) groups excluding carboxylic acids is 2. The minimum atomic E-state index is -4.82. The number of aromatic nitrogens is 2. The van der Waals surface area contributed by atoms with Gasteiger partial charge in [0.25, 0.3) is 5.91 Å². The van der Waals surface area contributed by atoms with E-state index in [0.29, 0.717) is 30.9 Å². The molecule has 154 valence electrons. The van der Waals surface area contributed by atoms with E-state index in [0.717, 1.165) is 4.90 Å². The lowest BCUT2D eigenvalue weighted by Gasteiger charge is -2.32. The molecule has 1 aliphatic heterocycles. The number of nitrogens with one attached hydrogen (secondary N) is 2. The largest absolute Gasteiger partial charge is 0.471 e. The minimum absolute atomic E-state index is 0.0783. The summed E-state index contributed by atoms with van der Waals surface area (Å²) in [6.45, 7) is 0.655. The first-order valence-corrected chi connectivity index (χ1v) is 9.13. The average molecular weight is 407 g/mol. The molecule has 3 rings (SSSR count). The molecule has 2 heterocycles. The standard InChI is InChI=1S/C19H20F3N5O2/c20-19(21,22)18(29)27-10-8-13(9-11-27)12-23-16-7-6-15(25-26-16)17(28)24-14-4-2-1-3-5-14/h1-7,13H,8-12H2,(H,23,26)(H,24,28). The molecule has 7 nitrogen and oxygen atoms in total. The fourth-order valence-corrected chi connectivity index (χ4v) is 3.03. The SMILES string of the molecule is O=C(Nc1ccccc1)c1ccc(NCC2CCN(C(=O)C(F)(F)F)CC2)nn1. The highest BCUT2D eigenvalue weighted by Gasteiger charge is 2.43. The predicted molar refractivity (Wildman–Crippen MR) is 100 cm³/mol. The summed E-state index contributed by atoms with van der Waals surface area (Å²) in [7, 11) is 0. The van der Waals surface area contributed by atoms with E-state index in [2.05, 4.69) is 20.8 Å². The summed E-state index contributed by atoms with van der Waals surface area (Å²) in [4.78, 5) is 24.2. The molecular weight excluding hydrogens is 387 g/mol. The molecule has 2 aromatic rings. The second kappa shape index (κ2) is 8.89. The summed E-state index contributed by atoms with van der Waals surface area (Å²) >= 11 is 0. The number of para-hydroxylation sites is 1. The zero-order valence-corrected chi connectivity index (χ0v) is 15.4. The second-order valence-corrected chi connectivity index (χ2v) is 6.74. The zero-order valence-electron chi connectivity index (χ0n) is 15.4. The molecule has 0 radical (unpaired) electrons. The molecule has 10 heteroatoms. The van der Waals surface area contributed by atoms with Gasteiger partial charge >= 0.3 is 12.1 Å². The van der Waals surface area contributed by atoms with Gasteiger partial charge in [0.05, 0.1) is 0 Å². The van der Waals surface area contributed by atoms with E-state index < -0.39 is 12.1 Å². The molecule has 0 saturated carbocycles. The molecular formula is C19H20F3N5O2. The van der Waals surface area contributed by atoms with Gasteiger partial charge in [-0.3, -0.25) is 9.59 Å². The lowest BCUT2D eigenvalue weighted by Crippen LogP contribution is -2.46. The Kier molecular flexibility index (Phi) is 6.30. The fraction of sp³-hybridized carbons (Fsp3) is 0.368. The normalized spacial score (nSPS) is 15.1. The van der Waals surface area contributed by atoms with Gasteiger partial charge in [0, 0.05) is 25.3 Å². The van der Waals surface area contributed by atoms with Crippen LogP contribution in [0.15, 0.2) is 42.5 Å². The van der Waals surface area contributed by atoms with Crippen LogP contribution in [0.2, 0.25) is 0 Å².